The fourth-order valence-electron chi connectivity index (χ4n) is 1.66. The minimum absolute atomic E-state index is 0.378. The molecule has 0 fully saturated rings. The Labute approximate surface area is 112 Å². The number of urea groups is 1. The van der Waals surface area contributed by atoms with E-state index in [4.69, 9.17) is 0 Å². The van der Waals surface area contributed by atoms with Crippen LogP contribution in [0.3, 0.4) is 0 Å². The van der Waals surface area contributed by atoms with Gasteiger partial charge in [-0.1, -0.05) is 36.4 Å². The molecule has 0 heterocycles. The summed E-state index contributed by atoms with van der Waals surface area (Å²) in [4.78, 5) is 24.7. The van der Waals surface area contributed by atoms with Crippen LogP contribution in [0.1, 0.15) is 18.5 Å². The van der Waals surface area contributed by atoms with Crippen LogP contribution in [0.25, 0.3) is 0 Å². The SMILES string of the molecule is C=CCN(CC)C(=O)N[C@H](C(=O)O)c1ccccc1. The standard InChI is InChI=1S/C14H18N2O3/c1-3-10-16(4-2)14(19)15-12(13(17)18)11-8-6-5-7-9-11/h3,5-9,12H,1,4,10H2,2H3,(H,15,19)(H,17,18)/t12-/m0/s1. The minimum Gasteiger partial charge on any atom is -0.479 e. The predicted octanol–water partition coefficient (Wildman–Crippen LogP) is 2.03. The van der Waals surface area contributed by atoms with Gasteiger partial charge in [0, 0.05) is 13.1 Å². The van der Waals surface area contributed by atoms with Crippen molar-refractivity contribution in [1.29, 1.82) is 0 Å². The van der Waals surface area contributed by atoms with Crippen LogP contribution < -0.4 is 5.32 Å². The van der Waals surface area contributed by atoms with Gasteiger partial charge in [-0.05, 0) is 12.5 Å². The Morgan fingerprint density at radius 2 is 2.05 bits per heavy atom. The number of nitrogens with one attached hydrogen (secondary N) is 1. The summed E-state index contributed by atoms with van der Waals surface area (Å²) in [5, 5.41) is 11.7. The summed E-state index contributed by atoms with van der Waals surface area (Å²) in [7, 11) is 0. The van der Waals surface area contributed by atoms with Crippen molar-refractivity contribution in [3.8, 4) is 0 Å². The molecule has 102 valence electrons. The maximum atomic E-state index is 12.0. The number of benzene rings is 1. The van der Waals surface area contributed by atoms with E-state index in [0.29, 0.717) is 18.7 Å². The number of carboxylic acid groups (broad SMARTS) is 1. The Morgan fingerprint density at radius 3 is 2.53 bits per heavy atom. The molecule has 0 radical (unpaired) electrons. The Balaban J connectivity index is 2.82. The Bertz CT molecular complexity index is 445. The van der Waals surface area contributed by atoms with E-state index in [1.165, 1.54) is 4.90 Å². The van der Waals surface area contributed by atoms with Gasteiger partial charge in [0.1, 0.15) is 0 Å². The van der Waals surface area contributed by atoms with E-state index in [1.807, 2.05) is 6.92 Å². The molecule has 0 saturated carbocycles. The van der Waals surface area contributed by atoms with Crippen LogP contribution in [0.5, 0.6) is 0 Å². The van der Waals surface area contributed by atoms with E-state index in [-0.39, 0.29) is 0 Å². The van der Waals surface area contributed by atoms with Gasteiger partial charge in [-0.3, -0.25) is 0 Å². The molecule has 0 bridgehead atoms. The number of aliphatic carboxylic acids is 1. The molecule has 1 aromatic rings. The van der Waals surface area contributed by atoms with Crippen molar-refractivity contribution in [3.63, 3.8) is 0 Å². The van der Waals surface area contributed by atoms with Crippen molar-refractivity contribution in [2.75, 3.05) is 13.1 Å². The van der Waals surface area contributed by atoms with Gasteiger partial charge in [0.15, 0.2) is 6.04 Å². The molecule has 0 unspecified atom stereocenters. The Morgan fingerprint density at radius 1 is 1.42 bits per heavy atom. The van der Waals surface area contributed by atoms with Crippen LogP contribution in [0.15, 0.2) is 43.0 Å². The molecular weight excluding hydrogens is 244 g/mol. The quantitative estimate of drug-likeness (QED) is 0.771. The average molecular weight is 262 g/mol. The van der Waals surface area contributed by atoms with Gasteiger partial charge < -0.3 is 15.3 Å². The molecule has 1 rings (SSSR count). The molecule has 0 saturated heterocycles. The molecular formula is C14H18N2O3. The first-order valence-corrected chi connectivity index (χ1v) is 6.04. The zero-order chi connectivity index (χ0) is 14.3. The number of rotatable bonds is 6. The van der Waals surface area contributed by atoms with Gasteiger partial charge in [0.05, 0.1) is 0 Å². The average Bonchev–Trinajstić information content (AvgIpc) is 2.42. The smallest absolute Gasteiger partial charge is 0.330 e. The summed E-state index contributed by atoms with van der Waals surface area (Å²) >= 11 is 0. The van der Waals surface area contributed by atoms with E-state index in [2.05, 4.69) is 11.9 Å². The van der Waals surface area contributed by atoms with E-state index < -0.39 is 18.0 Å². The largest absolute Gasteiger partial charge is 0.479 e. The molecule has 19 heavy (non-hydrogen) atoms. The molecule has 0 aliphatic rings. The van der Waals surface area contributed by atoms with Crippen molar-refractivity contribution < 1.29 is 14.7 Å². The highest BCUT2D eigenvalue weighted by Gasteiger charge is 2.23. The maximum absolute atomic E-state index is 12.0. The van der Waals surface area contributed by atoms with Crippen LogP contribution in [0, 0.1) is 0 Å². The minimum atomic E-state index is -1.09. The van der Waals surface area contributed by atoms with Gasteiger partial charge in [-0.2, -0.15) is 0 Å². The summed E-state index contributed by atoms with van der Waals surface area (Å²) in [6.45, 7) is 6.25. The maximum Gasteiger partial charge on any atom is 0.330 e. The Hall–Kier alpha value is -2.30. The van der Waals surface area contributed by atoms with Gasteiger partial charge in [0.25, 0.3) is 0 Å². The number of carboxylic acids is 1. The van der Waals surface area contributed by atoms with Gasteiger partial charge in [-0.25, -0.2) is 9.59 Å². The van der Waals surface area contributed by atoms with E-state index in [1.54, 1.807) is 36.4 Å². The second-order valence-electron chi connectivity index (χ2n) is 3.96. The lowest BCUT2D eigenvalue weighted by molar-refractivity contribution is -0.139. The molecule has 0 aliphatic carbocycles. The number of amides is 2. The van der Waals surface area contributed by atoms with Crippen molar-refractivity contribution in [3.05, 3.63) is 48.6 Å². The molecule has 1 aromatic carbocycles. The third kappa shape index (κ3) is 4.13. The van der Waals surface area contributed by atoms with Crippen LogP contribution in [-0.2, 0) is 4.79 Å². The molecule has 5 nitrogen and oxygen atoms in total. The first-order chi connectivity index (χ1) is 9.10. The topological polar surface area (TPSA) is 69.6 Å². The first-order valence-electron chi connectivity index (χ1n) is 6.04. The number of likely N-dealkylation sites (N-methyl/N-ethyl adjacent to an activating group) is 1. The number of carbonyl (C=O) groups excluding carboxylic acids is 1. The highest BCUT2D eigenvalue weighted by molar-refractivity contribution is 5.83. The zero-order valence-electron chi connectivity index (χ0n) is 10.9. The van der Waals surface area contributed by atoms with Crippen LogP contribution in [-0.4, -0.2) is 35.1 Å². The van der Waals surface area contributed by atoms with Crippen molar-refractivity contribution in [2.24, 2.45) is 0 Å². The fraction of sp³-hybridized carbons (Fsp3) is 0.286. The van der Waals surface area contributed by atoms with Crippen molar-refractivity contribution >= 4 is 12.0 Å². The molecule has 0 aromatic heterocycles. The normalized spacial score (nSPS) is 11.4. The summed E-state index contributed by atoms with van der Waals surface area (Å²) in [5.41, 5.74) is 0.540. The van der Waals surface area contributed by atoms with Crippen LogP contribution in [0.4, 0.5) is 4.79 Å². The summed E-state index contributed by atoms with van der Waals surface area (Å²) in [6.07, 6.45) is 1.60. The molecule has 0 spiro atoms. The molecule has 5 heteroatoms. The highest BCUT2D eigenvalue weighted by Crippen LogP contribution is 2.13. The molecule has 0 aliphatic heterocycles. The lowest BCUT2D eigenvalue weighted by atomic mass is 10.1. The summed E-state index contributed by atoms with van der Waals surface area (Å²) in [5.74, 6) is -1.09. The number of nitrogens with zero attached hydrogens (tertiary/aromatic N) is 1. The van der Waals surface area contributed by atoms with E-state index >= 15 is 0 Å². The molecule has 1 atom stereocenters. The lowest BCUT2D eigenvalue weighted by Crippen LogP contribution is -2.43. The van der Waals surface area contributed by atoms with Crippen molar-refractivity contribution in [2.45, 2.75) is 13.0 Å². The monoisotopic (exact) mass is 262 g/mol. The summed E-state index contributed by atoms with van der Waals surface area (Å²) < 4.78 is 0. The third-order valence-corrected chi connectivity index (χ3v) is 2.67. The summed E-state index contributed by atoms with van der Waals surface area (Å²) in [6, 6.07) is 7.13. The van der Waals surface area contributed by atoms with Crippen molar-refractivity contribution in [1.82, 2.24) is 10.2 Å². The van der Waals surface area contributed by atoms with Gasteiger partial charge >= 0.3 is 12.0 Å². The zero-order valence-corrected chi connectivity index (χ0v) is 10.9. The third-order valence-electron chi connectivity index (χ3n) is 2.67. The number of carbonyl (C=O) groups is 2. The number of hydrogen-bond donors (Lipinski definition) is 2. The second kappa shape index (κ2) is 7.20. The Kier molecular flexibility index (Phi) is 5.60. The number of hydrogen-bond acceptors (Lipinski definition) is 2. The van der Waals surface area contributed by atoms with Gasteiger partial charge in [0.2, 0.25) is 0 Å². The highest BCUT2D eigenvalue weighted by atomic mass is 16.4. The van der Waals surface area contributed by atoms with E-state index in [0.717, 1.165) is 0 Å². The predicted molar refractivity (Wildman–Crippen MR) is 72.8 cm³/mol. The fourth-order valence-corrected chi connectivity index (χ4v) is 1.66. The van der Waals surface area contributed by atoms with Crippen LogP contribution in [0.2, 0.25) is 0 Å². The van der Waals surface area contributed by atoms with Crippen LogP contribution >= 0.6 is 0 Å². The molecule has 2 N–H and O–H groups in total. The van der Waals surface area contributed by atoms with E-state index in [9.17, 15) is 14.7 Å². The second-order valence-corrected chi connectivity index (χ2v) is 3.96. The lowest BCUT2D eigenvalue weighted by Gasteiger charge is -2.22. The van der Waals surface area contributed by atoms with Gasteiger partial charge in [-0.15, -0.1) is 6.58 Å². The first kappa shape index (κ1) is 14.8. The molecule has 2 amide bonds.